The lowest BCUT2D eigenvalue weighted by Crippen LogP contribution is -2.50. The number of nitrogens with zero attached hydrogens (tertiary/aromatic N) is 9. The smallest absolute Gasteiger partial charge is 0.323 e. The van der Waals surface area contributed by atoms with Gasteiger partial charge in [0.05, 0.1) is 61.2 Å². The predicted octanol–water partition coefficient (Wildman–Crippen LogP) is 16.4. The third kappa shape index (κ3) is 12.1. The zero-order valence-electron chi connectivity index (χ0n) is 39.2. The van der Waals surface area contributed by atoms with Gasteiger partial charge >= 0.3 is 36.0 Å². The highest BCUT2D eigenvalue weighted by atomic mass is 127. The van der Waals surface area contributed by atoms with Gasteiger partial charge in [-0.3, -0.25) is 9.59 Å². The molecule has 79 heavy (non-hydrogen) atoms. The van der Waals surface area contributed by atoms with Gasteiger partial charge < -0.3 is 4.90 Å². The Morgan fingerprint density at radius 2 is 0.924 bits per heavy atom. The Kier molecular flexibility index (Phi) is 18.0. The first kappa shape index (κ1) is 63.0. The second-order valence-electron chi connectivity index (χ2n) is 17.4. The molecule has 6 aromatic rings. The number of rotatable bonds is 11. The summed E-state index contributed by atoms with van der Waals surface area (Å²) >= 11 is 38.2. The molecular formula is C47H28Cl6F14IN9O2. The molecule has 11 nitrogen and oxygen atoms in total. The SMILES string of the molecule is CI.CN(C(=O)c1cc(-c2cnn(-c3c(Cl)cc(C(F)(C(F)(F)F)C(F)(F)F)cc3Cl)c2)cnc1Cl)C1(C#N)CC1.N#CC1(CC(=O)c2cc(-c3cnn(-c4c(Cl)cc(C(F)(C(F)(F)F)C(F)(F)F)cc4Cl)c3)cnc2Cl)CC1. The maximum Gasteiger partial charge on any atom is 0.435 e. The Labute approximate surface area is 480 Å². The number of carbonyl (C=O) groups is 2. The van der Waals surface area contributed by atoms with Crippen LogP contribution in [0.15, 0.2) is 73.6 Å². The summed E-state index contributed by atoms with van der Waals surface area (Å²) in [4.78, 5) is 36.9. The quantitative estimate of drug-likeness (QED) is 0.0410. The van der Waals surface area contributed by atoms with Gasteiger partial charge in [-0.2, -0.15) is 73.4 Å². The number of alkyl halides is 15. The molecule has 0 radical (unpaired) electrons. The van der Waals surface area contributed by atoms with Crippen molar-refractivity contribution < 1.29 is 71.1 Å². The van der Waals surface area contributed by atoms with Crippen LogP contribution >= 0.6 is 92.2 Å². The number of ketones is 1. The van der Waals surface area contributed by atoms with Crippen molar-refractivity contribution in [3.8, 4) is 45.8 Å². The van der Waals surface area contributed by atoms with Crippen LogP contribution in [0.25, 0.3) is 33.6 Å². The van der Waals surface area contributed by atoms with Crippen LogP contribution < -0.4 is 0 Å². The highest BCUT2D eigenvalue weighted by Gasteiger charge is 2.74. The van der Waals surface area contributed by atoms with Crippen molar-refractivity contribution in [2.45, 2.75) is 73.7 Å². The summed E-state index contributed by atoms with van der Waals surface area (Å²) in [5.74, 6) is -0.965. The van der Waals surface area contributed by atoms with Crippen molar-refractivity contribution in [3.05, 3.63) is 126 Å². The summed E-state index contributed by atoms with van der Waals surface area (Å²) in [5.41, 5.74) is -16.2. The fourth-order valence-corrected chi connectivity index (χ4v) is 9.30. The first-order valence-electron chi connectivity index (χ1n) is 21.6. The number of pyridine rings is 2. The molecule has 2 aliphatic rings. The summed E-state index contributed by atoms with van der Waals surface area (Å²) < 4.78 is 189. The van der Waals surface area contributed by atoms with E-state index in [2.05, 4.69) is 54.9 Å². The predicted molar refractivity (Wildman–Crippen MR) is 269 cm³/mol. The number of benzene rings is 2. The number of hydrogen-bond acceptors (Lipinski definition) is 8. The molecule has 2 fully saturated rings. The average Bonchev–Trinajstić information content (AvgIpc) is 4.32. The van der Waals surface area contributed by atoms with Crippen LogP contribution in [0.5, 0.6) is 0 Å². The molecule has 0 saturated heterocycles. The Hall–Kier alpha value is -5.23. The van der Waals surface area contributed by atoms with E-state index in [9.17, 15) is 81.6 Å². The van der Waals surface area contributed by atoms with Crippen molar-refractivity contribution in [3.63, 3.8) is 0 Å². The second-order valence-corrected chi connectivity index (χ2v) is 19.7. The van der Waals surface area contributed by atoms with Gasteiger partial charge in [-0.15, -0.1) is 0 Å². The molecule has 0 atom stereocenters. The molecule has 420 valence electrons. The maximum atomic E-state index is 14.5. The molecule has 1 amide bonds. The molecular weight excluding hydrogens is 1330 g/mol. The Morgan fingerprint density at radius 3 is 1.24 bits per heavy atom. The molecule has 4 heterocycles. The molecule has 2 saturated carbocycles. The minimum atomic E-state index is -6.35. The molecule has 8 rings (SSSR count). The molecule has 4 aromatic heterocycles. The third-order valence-corrected chi connectivity index (χ3v) is 14.1. The minimum absolute atomic E-state index is 0.0232. The van der Waals surface area contributed by atoms with Gasteiger partial charge in [0.2, 0.25) is 0 Å². The lowest BCUT2D eigenvalue weighted by molar-refractivity contribution is -0.349. The summed E-state index contributed by atoms with van der Waals surface area (Å²) in [7, 11) is 1.46. The molecule has 0 bridgehead atoms. The zero-order valence-corrected chi connectivity index (χ0v) is 45.9. The maximum absolute atomic E-state index is 14.5. The van der Waals surface area contributed by atoms with E-state index in [0.717, 1.165) is 9.36 Å². The van der Waals surface area contributed by atoms with Gasteiger partial charge in [-0.05, 0) is 67.0 Å². The van der Waals surface area contributed by atoms with Crippen LogP contribution in [0, 0.1) is 28.1 Å². The summed E-state index contributed by atoms with van der Waals surface area (Å²) in [6, 6.07) is 7.67. The first-order chi connectivity index (χ1) is 36.5. The molecule has 32 heteroatoms. The van der Waals surface area contributed by atoms with Gasteiger partial charge in [-0.1, -0.05) is 92.2 Å². The van der Waals surface area contributed by atoms with Crippen molar-refractivity contribution in [1.29, 1.82) is 10.5 Å². The van der Waals surface area contributed by atoms with Crippen molar-refractivity contribution >= 4 is 104 Å². The van der Waals surface area contributed by atoms with Crippen LogP contribution in [0.4, 0.5) is 61.5 Å². The van der Waals surface area contributed by atoms with Crippen molar-refractivity contribution in [2.75, 3.05) is 12.0 Å². The molecule has 2 aliphatic carbocycles. The van der Waals surface area contributed by atoms with Gasteiger partial charge in [0.15, 0.2) is 5.78 Å². The number of amides is 1. The lowest BCUT2D eigenvalue weighted by Gasteiger charge is -2.30. The van der Waals surface area contributed by atoms with Gasteiger partial charge in [0, 0.05) is 71.6 Å². The van der Waals surface area contributed by atoms with E-state index in [0.29, 0.717) is 42.4 Å². The molecule has 2 aromatic carbocycles. The van der Waals surface area contributed by atoms with Gasteiger partial charge in [0.25, 0.3) is 5.91 Å². The normalized spacial score (nSPS) is 14.9. The second kappa shape index (κ2) is 22.6. The number of Topliss-reactive ketones (excluding diaryl/α,β-unsaturated/α-hetero) is 1. The van der Waals surface area contributed by atoms with E-state index in [1.807, 2.05) is 4.93 Å². The van der Waals surface area contributed by atoms with E-state index in [1.54, 1.807) is 0 Å². The monoisotopic (exact) mass is 1350 g/mol. The summed E-state index contributed by atoms with van der Waals surface area (Å²) in [6.07, 6.45) is -15.7. The van der Waals surface area contributed by atoms with E-state index in [4.69, 9.17) is 69.6 Å². The summed E-state index contributed by atoms with van der Waals surface area (Å²) in [6.45, 7) is 0. The van der Waals surface area contributed by atoms with Crippen LogP contribution in [0.2, 0.25) is 30.4 Å². The highest BCUT2D eigenvalue weighted by molar-refractivity contribution is 14.1. The van der Waals surface area contributed by atoms with E-state index >= 15 is 0 Å². The number of aromatic nitrogens is 6. The third-order valence-electron chi connectivity index (χ3n) is 12.4. The zero-order chi connectivity index (χ0) is 59.4. The minimum Gasteiger partial charge on any atom is -0.323 e. The van der Waals surface area contributed by atoms with E-state index in [-0.39, 0.29) is 69.1 Å². The average molecular weight is 1360 g/mol. The first-order valence-corrected chi connectivity index (χ1v) is 26.0. The largest absolute Gasteiger partial charge is 0.435 e. The van der Waals surface area contributed by atoms with Crippen LogP contribution in [-0.4, -0.2) is 88.3 Å². The van der Waals surface area contributed by atoms with E-state index < -0.39 is 89.9 Å². The lowest BCUT2D eigenvalue weighted by atomic mass is 9.94. The Bertz CT molecular complexity index is 3360. The fourth-order valence-electron chi connectivity index (χ4n) is 7.59. The van der Waals surface area contributed by atoms with Gasteiger partial charge in [0.1, 0.15) is 27.2 Å². The fraction of sp³-hybridized carbons (Fsp3) is 0.319. The van der Waals surface area contributed by atoms with E-state index in [1.165, 1.54) is 61.3 Å². The van der Waals surface area contributed by atoms with Crippen LogP contribution in [0.3, 0.4) is 0 Å². The summed E-state index contributed by atoms with van der Waals surface area (Å²) in [5, 5.41) is 23.3. The molecule has 0 aliphatic heterocycles. The number of nitriles is 2. The standard InChI is InChI=1S/C23H13Cl3F7N5O.C23H12Cl3F7N4O.CH3I/c1-37(20(10-34)2-3-20)19(39)14-4-11(7-35-18(14)26)12-8-36-38(9-12)17-15(24)5-13(6-16(17)25)21(27,22(28,29)30)23(31,32)33;24-15-4-13(21(27,22(28,29)30)23(31,32)33)5-16(25)18(15)37-9-12(8-36-37)11-3-14(19(26)35-7-11)17(38)6-20(10-34)1-2-20;1-2/h4-9H,2-3H2,1H3;3-5,7-9H,1-2,6H2;1H3. The topological polar surface area (TPSA) is 146 Å². The van der Waals surface area contributed by atoms with Gasteiger partial charge in [-0.25, -0.2) is 28.1 Å². The number of hydrogen-bond donors (Lipinski definition) is 0. The van der Waals surface area contributed by atoms with Crippen molar-refractivity contribution in [2.24, 2.45) is 5.41 Å². The highest BCUT2D eigenvalue weighted by Crippen LogP contribution is 2.56. The molecule has 0 spiro atoms. The van der Waals surface area contributed by atoms with Crippen molar-refractivity contribution in [1.82, 2.24) is 34.4 Å². The Balaban J connectivity index is 0.000000248. The Morgan fingerprint density at radius 1 is 0.570 bits per heavy atom. The van der Waals surface area contributed by atoms with Crippen LogP contribution in [-0.2, 0) is 11.3 Å². The number of carbonyl (C=O) groups excluding carboxylic acids is 2. The molecule has 0 N–H and O–H groups in total. The van der Waals surface area contributed by atoms with Crippen LogP contribution in [0.1, 0.15) is 63.9 Å². The number of halogens is 21. The molecule has 0 unspecified atom stereocenters.